The minimum atomic E-state index is -0.419. The van der Waals surface area contributed by atoms with E-state index in [1.165, 1.54) is 6.07 Å². The Bertz CT molecular complexity index is 581. The number of benzene rings is 1. The Morgan fingerprint density at radius 2 is 2.10 bits per heavy atom. The van der Waals surface area contributed by atoms with E-state index in [0.717, 1.165) is 5.56 Å². The molecule has 1 amide bonds. The van der Waals surface area contributed by atoms with E-state index in [-0.39, 0.29) is 17.0 Å². The third-order valence-electron chi connectivity index (χ3n) is 4.02. The summed E-state index contributed by atoms with van der Waals surface area (Å²) in [7, 11) is 0. The Labute approximate surface area is 132 Å². The number of hydrogen-bond donors (Lipinski definition) is 0. The van der Waals surface area contributed by atoms with Crippen LogP contribution in [0.1, 0.15) is 32.8 Å². The molecule has 0 aromatic heterocycles. The van der Waals surface area contributed by atoms with Crippen molar-refractivity contribution in [3.8, 4) is 0 Å². The van der Waals surface area contributed by atoms with Crippen LogP contribution in [-0.4, -0.2) is 22.3 Å². The molecule has 1 atom stereocenters. The Hall–Kier alpha value is -1.43. The van der Waals surface area contributed by atoms with Crippen molar-refractivity contribution in [3.63, 3.8) is 0 Å². The van der Waals surface area contributed by atoms with Crippen molar-refractivity contribution in [1.29, 1.82) is 0 Å². The van der Waals surface area contributed by atoms with Gasteiger partial charge < -0.3 is 4.90 Å². The summed E-state index contributed by atoms with van der Waals surface area (Å²) < 4.78 is 0.455. The smallest absolute Gasteiger partial charge is 0.283 e. The largest absolute Gasteiger partial charge is 0.338 e. The zero-order chi connectivity index (χ0) is 15.8. The molecular weight excluding hydrogens is 336 g/mol. The second kappa shape index (κ2) is 5.75. The molecule has 1 saturated heterocycles. The van der Waals surface area contributed by atoms with Crippen LogP contribution in [0.5, 0.6) is 0 Å². The van der Waals surface area contributed by atoms with Crippen molar-refractivity contribution in [2.24, 2.45) is 11.3 Å². The molecule has 1 fully saturated rings. The summed E-state index contributed by atoms with van der Waals surface area (Å²) in [5.41, 5.74) is 0.912. The lowest BCUT2D eigenvalue weighted by Gasteiger charge is -2.26. The maximum atomic E-state index is 12.1. The maximum Gasteiger partial charge on any atom is 0.283 e. The second-order valence-corrected chi connectivity index (χ2v) is 7.44. The van der Waals surface area contributed by atoms with Crippen LogP contribution in [0.2, 0.25) is 0 Å². The molecule has 0 spiro atoms. The summed E-state index contributed by atoms with van der Waals surface area (Å²) in [6.07, 6.45) is 0.558. The highest BCUT2D eigenvalue weighted by atomic mass is 79.9. The predicted molar refractivity (Wildman–Crippen MR) is 83.8 cm³/mol. The Balaban J connectivity index is 2.14. The van der Waals surface area contributed by atoms with E-state index in [1.54, 1.807) is 11.0 Å². The molecule has 0 aliphatic carbocycles. The molecule has 1 aromatic rings. The highest BCUT2D eigenvalue weighted by Crippen LogP contribution is 2.35. The molecule has 0 radical (unpaired) electrons. The molecule has 114 valence electrons. The van der Waals surface area contributed by atoms with Gasteiger partial charge in [-0.05, 0) is 38.9 Å². The van der Waals surface area contributed by atoms with Gasteiger partial charge in [0, 0.05) is 25.6 Å². The molecule has 0 bridgehead atoms. The molecular formula is C15H19BrN2O3. The number of likely N-dealkylation sites (tertiary alicyclic amines) is 1. The van der Waals surface area contributed by atoms with Gasteiger partial charge in [-0.1, -0.05) is 26.8 Å². The monoisotopic (exact) mass is 354 g/mol. The van der Waals surface area contributed by atoms with Crippen LogP contribution < -0.4 is 0 Å². The lowest BCUT2D eigenvalue weighted by molar-refractivity contribution is -0.385. The highest BCUT2D eigenvalue weighted by molar-refractivity contribution is 9.10. The number of amides is 1. The number of nitro groups is 1. The highest BCUT2D eigenvalue weighted by Gasteiger charge is 2.36. The van der Waals surface area contributed by atoms with Gasteiger partial charge in [0.05, 0.1) is 9.40 Å². The Morgan fingerprint density at radius 1 is 1.43 bits per heavy atom. The first kappa shape index (κ1) is 15.9. The van der Waals surface area contributed by atoms with E-state index >= 15 is 0 Å². The lowest BCUT2D eigenvalue weighted by atomic mass is 9.80. The first-order chi connectivity index (χ1) is 9.68. The normalized spacial score (nSPS) is 19.1. The molecule has 0 saturated carbocycles. The topological polar surface area (TPSA) is 63.5 Å². The van der Waals surface area contributed by atoms with Gasteiger partial charge in [-0.2, -0.15) is 0 Å². The third-order valence-corrected chi connectivity index (χ3v) is 4.69. The van der Waals surface area contributed by atoms with Gasteiger partial charge in [-0.25, -0.2) is 0 Å². The lowest BCUT2D eigenvalue weighted by Crippen LogP contribution is -2.27. The van der Waals surface area contributed by atoms with Gasteiger partial charge in [-0.15, -0.1) is 0 Å². The summed E-state index contributed by atoms with van der Waals surface area (Å²) in [5.74, 6) is 0.455. The van der Waals surface area contributed by atoms with Crippen molar-refractivity contribution in [3.05, 3.63) is 38.3 Å². The minimum absolute atomic E-state index is 0.0338. The molecule has 6 heteroatoms. The molecule has 1 heterocycles. The summed E-state index contributed by atoms with van der Waals surface area (Å²) in [5, 5.41) is 11.0. The van der Waals surface area contributed by atoms with E-state index in [4.69, 9.17) is 0 Å². The second-order valence-electron chi connectivity index (χ2n) is 6.58. The fraction of sp³-hybridized carbons (Fsp3) is 0.533. The maximum absolute atomic E-state index is 12.1. The van der Waals surface area contributed by atoms with Gasteiger partial charge in [0.1, 0.15) is 0 Å². The van der Waals surface area contributed by atoms with E-state index in [0.29, 0.717) is 29.9 Å². The van der Waals surface area contributed by atoms with Crippen molar-refractivity contribution < 1.29 is 9.72 Å². The number of rotatable bonds is 3. The molecule has 1 unspecified atom stereocenters. The van der Waals surface area contributed by atoms with E-state index in [1.807, 2.05) is 6.07 Å². The quantitative estimate of drug-likeness (QED) is 0.613. The molecule has 1 aliphatic heterocycles. The molecule has 1 aromatic carbocycles. The van der Waals surface area contributed by atoms with Crippen LogP contribution in [0.4, 0.5) is 5.69 Å². The molecule has 1 aliphatic rings. The number of nitrogens with zero attached hydrogens (tertiary/aromatic N) is 2. The fourth-order valence-corrected chi connectivity index (χ4v) is 2.91. The zero-order valence-electron chi connectivity index (χ0n) is 12.4. The van der Waals surface area contributed by atoms with Crippen LogP contribution in [0.3, 0.4) is 0 Å². The predicted octanol–water partition coefficient (Wildman–Crippen LogP) is 3.75. The Morgan fingerprint density at radius 3 is 2.62 bits per heavy atom. The van der Waals surface area contributed by atoms with E-state index in [9.17, 15) is 14.9 Å². The number of carbonyl (C=O) groups is 1. The van der Waals surface area contributed by atoms with Gasteiger partial charge in [-0.3, -0.25) is 14.9 Å². The van der Waals surface area contributed by atoms with Crippen LogP contribution in [-0.2, 0) is 11.3 Å². The van der Waals surface area contributed by atoms with Gasteiger partial charge in [0.25, 0.3) is 5.69 Å². The average molecular weight is 355 g/mol. The Kier molecular flexibility index (Phi) is 4.37. The van der Waals surface area contributed by atoms with Crippen LogP contribution in [0.15, 0.2) is 22.7 Å². The van der Waals surface area contributed by atoms with Crippen LogP contribution in [0, 0.1) is 21.4 Å². The number of halogens is 1. The molecule has 21 heavy (non-hydrogen) atoms. The number of hydrogen-bond acceptors (Lipinski definition) is 3. The van der Waals surface area contributed by atoms with E-state index in [2.05, 4.69) is 36.7 Å². The third kappa shape index (κ3) is 3.61. The summed E-state index contributed by atoms with van der Waals surface area (Å²) in [6.45, 7) is 7.56. The fourth-order valence-electron chi connectivity index (χ4n) is 2.52. The minimum Gasteiger partial charge on any atom is -0.338 e. The standard InChI is InChI=1S/C15H19BrN2O3/c1-15(2,3)11-7-14(19)17(9-11)8-10-4-5-12(16)13(6-10)18(20)21/h4-6,11H,7-9H2,1-3H3. The van der Waals surface area contributed by atoms with Crippen molar-refractivity contribution in [2.45, 2.75) is 33.7 Å². The number of carbonyl (C=O) groups excluding carboxylic acids is 1. The summed E-state index contributed by atoms with van der Waals surface area (Å²) in [6, 6.07) is 5.01. The molecule has 0 N–H and O–H groups in total. The molecule has 2 rings (SSSR count). The van der Waals surface area contributed by atoms with Crippen LogP contribution >= 0.6 is 15.9 Å². The first-order valence-electron chi connectivity index (χ1n) is 6.89. The van der Waals surface area contributed by atoms with Gasteiger partial charge in [0.15, 0.2) is 0 Å². The van der Waals surface area contributed by atoms with E-state index < -0.39 is 4.92 Å². The van der Waals surface area contributed by atoms with Gasteiger partial charge >= 0.3 is 0 Å². The average Bonchev–Trinajstić information content (AvgIpc) is 2.73. The number of nitro benzene ring substituents is 1. The molecule has 5 nitrogen and oxygen atoms in total. The van der Waals surface area contributed by atoms with Crippen molar-refractivity contribution >= 4 is 27.5 Å². The summed E-state index contributed by atoms with van der Waals surface area (Å²) >= 11 is 3.17. The van der Waals surface area contributed by atoms with Crippen molar-refractivity contribution in [2.75, 3.05) is 6.54 Å². The van der Waals surface area contributed by atoms with Crippen LogP contribution in [0.25, 0.3) is 0 Å². The SMILES string of the molecule is CC(C)(C)C1CC(=O)N(Cc2ccc(Br)c([N+](=O)[O-])c2)C1. The zero-order valence-corrected chi connectivity index (χ0v) is 14.0. The van der Waals surface area contributed by atoms with Crippen molar-refractivity contribution in [1.82, 2.24) is 4.90 Å². The summed E-state index contributed by atoms with van der Waals surface area (Å²) in [4.78, 5) is 24.4. The van der Waals surface area contributed by atoms with Gasteiger partial charge in [0.2, 0.25) is 5.91 Å². The first-order valence-corrected chi connectivity index (χ1v) is 7.68.